The molecule has 0 unspecified atom stereocenters. The standard InChI is InChI=1S/C21H21ClN6O5S/c1-3-27-18(11-19(29)23-13-4-7-15(33-2)8-5-13)25-26-21(27)34-12-20(30)24-17-10-14(28(31)32)6-9-16(17)22/h4-10H,3,11-12H2,1-2H3,(H,23,29)(H,24,30). The Morgan fingerprint density at radius 2 is 1.88 bits per heavy atom. The van der Waals surface area contributed by atoms with Crippen LogP contribution in [0.1, 0.15) is 12.7 Å². The van der Waals surface area contributed by atoms with Crippen LogP contribution in [-0.4, -0.2) is 44.4 Å². The van der Waals surface area contributed by atoms with Crippen molar-refractivity contribution in [3.8, 4) is 5.75 Å². The van der Waals surface area contributed by atoms with Gasteiger partial charge in [-0.25, -0.2) is 0 Å². The molecule has 0 saturated heterocycles. The van der Waals surface area contributed by atoms with Crippen molar-refractivity contribution in [2.45, 2.75) is 25.0 Å². The lowest BCUT2D eigenvalue weighted by Gasteiger charge is -2.09. The fraction of sp³-hybridized carbons (Fsp3) is 0.238. The van der Waals surface area contributed by atoms with E-state index in [1.54, 1.807) is 35.9 Å². The monoisotopic (exact) mass is 504 g/mol. The van der Waals surface area contributed by atoms with Gasteiger partial charge in [0.05, 0.1) is 34.9 Å². The quantitative estimate of drug-likeness (QED) is 0.241. The molecule has 0 aliphatic rings. The van der Waals surface area contributed by atoms with Gasteiger partial charge in [0, 0.05) is 24.4 Å². The number of halogens is 1. The minimum Gasteiger partial charge on any atom is -0.497 e. The SMILES string of the molecule is CCn1c(CC(=O)Nc2ccc(OC)cc2)nnc1SCC(=O)Nc1cc([N+](=O)[O-])ccc1Cl. The lowest BCUT2D eigenvalue weighted by Crippen LogP contribution is -2.18. The van der Waals surface area contributed by atoms with Gasteiger partial charge in [0.25, 0.3) is 5.69 Å². The molecule has 0 spiro atoms. The summed E-state index contributed by atoms with van der Waals surface area (Å²) in [4.78, 5) is 35.2. The molecule has 178 valence electrons. The second-order valence-corrected chi connectivity index (χ2v) is 8.20. The average Bonchev–Trinajstić information content (AvgIpc) is 3.20. The number of rotatable bonds is 10. The first-order chi connectivity index (χ1) is 16.3. The topological polar surface area (TPSA) is 141 Å². The van der Waals surface area contributed by atoms with Gasteiger partial charge in [-0.3, -0.25) is 19.7 Å². The van der Waals surface area contributed by atoms with Crippen LogP contribution in [0.4, 0.5) is 17.1 Å². The number of hydrogen-bond donors (Lipinski definition) is 2. The molecule has 2 amide bonds. The first-order valence-electron chi connectivity index (χ1n) is 10.0. The van der Waals surface area contributed by atoms with Gasteiger partial charge >= 0.3 is 0 Å². The summed E-state index contributed by atoms with van der Waals surface area (Å²) in [5, 5.41) is 25.1. The molecule has 0 aliphatic heterocycles. The van der Waals surface area contributed by atoms with E-state index in [1.807, 2.05) is 6.92 Å². The second kappa shape index (κ2) is 11.5. The number of aromatic nitrogens is 3. The molecule has 3 aromatic rings. The Labute approximate surface area is 204 Å². The molecule has 34 heavy (non-hydrogen) atoms. The first-order valence-corrected chi connectivity index (χ1v) is 11.4. The predicted molar refractivity (Wildman–Crippen MR) is 128 cm³/mol. The zero-order valence-corrected chi connectivity index (χ0v) is 19.9. The van der Waals surface area contributed by atoms with E-state index in [4.69, 9.17) is 16.3 Å². The largest absolute Gasteiger partial charge is 0.497 e. The minimum atomic E-state index is -0.573. The number of nitro benzene ring substituents is 1. The number of non-ortho nitro benzene ring substituents is 1. The normalized spacial score (nSPS) is 10.6. The van der Waals surface area contributed by atoms with E-state index in [2.05, 4.69) is 20.8 Å². The zero-order chi connectivity index (χ0) is 24.7. The van der Waals surface area contributed by atoms with E-state index >= 15 is 0 Å². The van der Waals surface area contributed by atoms with E-state index in [0.29, 0.717) is 29.0 Å². The summed E-state index contributed by atoms with van der Waals surface area (Å²) in [7, 11) is 1.56. The number of benzene rings is 2. The molecule has 2 aromatic carbocycles. The molecule has 0 saturated carbocycles. The van der Waals surface area contributed by atoms with Crippen molar-refractivity contribution in [2.24, 2.45) is 0 Å². The molecule has 0 atom stereocenters. The highest BCUT2D eigenvalue weighted by atomic mass is 35.5. The Morgan fingerprint density at radius 1 is 1.15 bits per heavy atom. The predicted octanol–water partition coefficient (Wildman–Crippen LogP) is 3.78. The Morgan fingerprint density at radius 3 is 2.53 bits per heavy atom. The summed E-state index contributed by atoms with van der Waals surface area (Å²) < 4.78 is 6.84. The third-order valence-electron chi connectivity index (χ3n) is 4.57. The molecule has 13 heteroatoms. The molecule has 0 bridgehead atoms. The van der Waals surface area contributed by atoms with Crippen LogP contribution in [0.3, 0.4) is 0 Å². The van der Waals surface area contributed by atoms with Gasteiger partial charge in [0.1, 0.15) is 11.6 Å². The zero-order valence-electron chi connectivity index (χ0n) is 18.3. The number of carbonyl (C=O) groups excluding carboxylic acids is 2. The third-order valence-corrected chi connectivity index (χ3v) is 5.87. The van der Waals surface area contributed by atoms with Gasteiger partial charge in [-0.1, -0.05) is 23.4 Å². The molecular weight excluding hydrogens is 484 g/mol. The lowest BCUT2D eigenvalue weighted by molar-refractivity contribution is -0.384. The van der Waals surface area contributed by atoms with Crippen LogP contribution in [0.25, 0.3) is 0 Å². The van der Waals surface area contributed by atoms with Crippen molar-refractivity contribution in [2.75, 3.05) is 23.5 Å². The van der Waals surface area contributed by atoms with Crippen molar-refractivity contribution in [1.82, 2.24) is 14.8 Å². The van der Waals surface area contributed by atoms with E-state index in [0.717, 1.165) is 11.8 Å². The number of methoxy groups -OCH3 is 1. The Hall–Kier alpha value is -3.64. The fourth-order valence-corrected chi connectivity index (χ4v) is 3.92. The van der Waals surface area contributed by atoms with Gasteiger partial charge < -0.3 is 19.9 Å². The smallest absolute Gasteiger partial charge is 0.271 e. The number of amides is 2. The highest BCUT2D eigenvalue weighted by Gasteiger charge is 2.17. The number of hydrogen-bond acceptors (Lipinski definition) is 8. The van der Waals surface area contributed by atoms with Crippen molar-refractivity contribution in [3.05, 3.63) is 63.4 Å². The molecule has 0 radical (unpaired) electrons. The number of anilines is 2. The summed E-state index contributed by atoms with van der Waals surface area (Å²) >= 11 is 7.15. The molecule has 0 fully saturated rings. The van der Waals surface area contributed by atoms with Crippen molar-refractivity contribution in [1.29, 1.82) is 0 Å². The van der Waals surface area contributed by atoms with Gasteiger partial charge in [0.15, 0.2) is 5.16 Å². The fourth-order valence-electron chi connectivity index (χ4n) is 2.94. The highest BCUT2D eigenvalue weighted by Crippen LogP contribution is 2.27. The van der Waals surface area contributed by atoms with E-state index in [-0.39, 0.29) is 34.5 Å². The number of nitrogens with one attached hydrogen (secondary N) is 2. The summed E-state index contributed by atoms with van der Waals surface area (Å²) in [5.74, 6) is 0.425. The van der Waals surface area contributed by atoms with Crippen LogP contribution in [0.2, 0.25) is 5.02 Å². The summed E-state index contributed by atoms with van der Waals surface area (Å²) in [6, 6.07) is 10.7. The maximum Gasteiger partial charge on any atom is 0.271 e. The number of nitro groups is 1. The number of thioether (sulfide) groups is 1. The van der Waals surface area contributed by atoms with Gasteiger partial charge in [-0.15, -0.1) is 10.2 Å². The van der Waals surface area contributed by atoms with Crippen LogP contribution < -0.4 is 15.4 Å². The molecule has 0 aliphatic carbocycles. The molecule has 3 rings (SSSR count). The Balaban J connectivity index is 1.59. The number of nitrogens with zero attached hydrogens (tertiary/aromatic N) is 4. The minimum absolute atomic E-state index is 0.00289. The summed E-state index contributed by atoms with van der Waals surface area (Å²) in [6.45, 7) is 2.38. The molecule has 1 aromatic heterocycles. The van der Waals surface area contributed by atoms with Crippen LogP contribution in [0.15, 0.2) is 47.6 Å². The maximum atomic E-state index is 12.4. The maximum absolute atomic E-state index is 12.4. The molecule has 11 nitrogen and oxygen atoms in total. The summed E-state index contributed by atoms with van der Waals surface area (Å²) in [5.41, 5.74) is 0.587. The lowest BCUT2D eigenvalue weighted by atomic mass is 10.3. The van der Waals surface area contributed by atoms with Crippen LogP contribution in [0.5, 0.6) is 5.75 Å². The Bertz CT molecular complexity index is 1200. The van der Waals surface area contributed by atoms with Crippen molar-refractivity contribution in [3.63, 3.8) is 0 Å². The summed E-state index contributed by atoms with van der Waals surface area (Å²) in [6.07, 6.45) is 0.00289. The van der Waals surface area contributed by atoms with Gasteiger partial charge in [-0.2, -0.15) is 0 Å². The van der Waals surface area contributed by atoms with Crippen LogP contribution >= 0.6 is 23.4 Å². The Kier molecular flexibility index (Phi) is 8.44. The first kappa shape index (κ1) is 25.0. The van der Waals surface area contributed by atoms with Crippen molar-refractivity contribution >= 4 is 52.2 Å². The number of ether oxygens (including phenoxy) is 1. The van der Waals surface area contributed by atoms with E-state index < -0.39 is 10.8 Å². The van der Waals surface area contributed by atoms with Crippen LogP contribution in [-0.2, 0) is 22.6 Å². The average molecular weight is 505 g/mol. The second-order valence-electron chi connectivity index (χ2n) is 6.85. The number of carbonyl (C=O) groups is 2. The molecular formula is C21H21ClN6O5S. The van der Waals surface area contributed by atoms with Gasteiger partial charge in [0.2, 0.25) is 11.8 Å². The molecule has 2 N–H and O–H groups in total. The highest BCUT2D eigenvalue weighted by molar-refractivity contribution is 7.99. The van der Waals surface area contributed by atoms with E-state index in [1.165, 1.54) is 18.2 Å². The third kappa shape index (κ3) is 6.45. The molecule has 1 heterocycles. The van der Waals surface area contributed by atoms with Gasteiger partial charge in [-0.05, 0) is 37.3 Å². The van der Waals surface area contributed by atoms with Crippen LogP contribution in [0, 0.1) is 10.1 Å². The van der Waals surface area contributed by atoms with Crippen molar-refractivity contribution < 1.29 is 19.2 Å². The van der Waals surface area contributed by atoms with E-state index in [9.17, 15) is 19.7 Å².